The predicted octanol–water partition coefficient (Wildman–Crippen LogP) is 8.12. The number of fused-ring (bicyclic) bond motifs is 4. The molecule has 2 aromatic heterocycles. The van der Waals surface area contributed by atoms with Crippen LogP contribution in [-0.4, -0.2) is 27.6 Å². The van der Waals surface area contributed by atoms with Crippen molar-refractivity contribution < 1.29 is 25.8 Å². The number of nitrogens with zero attached hydrogens (tertiary/aromatic N) is 3. The van der Waals surface area contributed by atoms with Crippen LogP contribution in [0.1, 0.15) is 30.4 Å². The van der Waals surface area contributed by atoms with Gasteiger partial charge in [0.05, 0.1) is 6.04 Å². The molecule has 6 aromatic rings. The summed E-state index contributed by atoms with van der Waals surface area (Å²) in [6.45, 7) is 2.09. The maximum absolute atomic E-state index is 6.39. The van der Waals surface area contributed by atoms with E-state index in [9.17, 15) is 0 Å². The third-order valence-corrected chi connectivity index (χ3v) is 8.17. The second-order valence-electron chi connectivity index (χ2n) is 10.8. The minimum atomic E-state index is 0. The molecule has 4 nitrogen and oxygen atoms in total. The van der Waals surface area contributed by atoms with Crippen LogP contribution in [0.2, 0.25) is 0 Å². The summed E-state index contributed by atoms with van der Waals surface area (Å²) in [5.41, 5.74) is 9.27. The normalized spacial score (nSPS) is 17.7. The first-order valence-electron chi connectivity index (χ1n) is 14.0. The number of pyridine rings is 1. The molecule has 0 bridgehead atoms. The summed E-state index contributed by atoms with van der Waals surface area (Å²) in [6.07, 6.45) is 5.40. The summed E-state index contributed by atoms with van der Waals surface area (Å²) in [7, 11) is 0. The van der Waals surface area contributed by atoms with E-state index in [-0.39, 0.29) is 33.2 Å². The van der Waals surface area contributed by atoms with E-state index < -0.39 is 0 Å². The molecule has 41 heavy (non-hydrogen) atoms. The van der Waals surface area contributed by atoms with Crippen LogP contribution in [0.5, 0.6) is 0 Å². The van der Waals surface area contributed by atoms with E-state index in [1.165, 1.54) is 17.4 Å². The van der Waals surface area contributed by atoms with Crippen molar-refractivity contribution in [3.8, 4) is 28.1 Å². The Morgan fingerprint density at radius 2 is 1.66 bits per heavy atom. The van der Waals surface area contributed by atoms with Gasteiger partial charge < -0.3 is 14.3 Å². The molecule has 0 spiro atoms. The first-order valence-corrected chi connectivity index (χ1v) is 14.0. The van der Waals surface area contributed by atoms with E-state index in [0.717, 1.165) is 62.9 Å². The van der Waals surface area contributed by atoms with Crippen LogP contribution >= 0.6 is 0 Å². The van der Waals surface area contributed by atoms with Crippen molar-refractivity contribution in [3.63, 3.8) is 0 Å². The second kappa shape index (κ2) is 10.4. The number of aliphatic imine (C=N–C) groups is 1. The molecule has 1 saturated carbocycles. The molecule has 0 amide bonds. The Labute approximate surface area is 254 Å². The van der Waals surface area contributed by atoms with Gasteiger partial charge in [-0.1, -0.05) is 76.7 Å². The van der Waals surface area contributed by atoms with Gasteiger partial charge in [-0.25, -0.2) is 0 Å². The summed E-state index contributed by atoms with van der Waals surface area (Å²) < 4.78 is 8.67. The monoisotopic (exact) mass is 712 g/mol. The van der Waals surface area contributed by atoms with E-state index >= 15 is 0 Å². The zero-order valence-electron chi connectivity index (χ0n) is 22.6. The molecule has 4 aromatic carbocycles. The number of hydrogen-bond donors (Lipinski definition) is 0. The molecule has 1 aliphatic heterocycles. The maximum atomic E-state index is 6.39. The fourth-order valence-corrected chi connectivity index (χ4v) is 6.21. The smallest absolute Gasteiger partial charge is 0.515 e. The number of aromatic nitrogens is 2. The quantitative estimate of drug-likeness (QED) is 0.173. The van der Waals surface area contributed by atoms with Crippen molar-refractivity contribution in [2.45, 2.75) is 38.3 Å². The van der Waals surface area contributed by atoms with Gasteiger partial charge in [-0.15, -0.1) is 42.0 Å². The van der Waals surface area contributed by atoms with Gasteiger partial charge in [-0.3, -0.25) is 4.99 Å². The summed E-state index contributed by atoms with van der Waals surface area (Å²) >= 11 is 0. The fourth-order valence-electron chi connectivity index (χ4n) is 6.21. The van der Waals surface area contributed by atoms with E-state index in [2.05, 4.69) is 114 Å². The molecule has 0 unspecified atom stereocenters. The average molecular weight is 713 g/mol. The molecule has 202 valence electrons. The SMILES string of the molecule is Cc1ccnc(-c2[c-]c3c(cc2)c2ccccc2n3-c2[c-]c(C3=N[C@@H]4CCC[C@@H]4O3)cc(-c3ccccc3)c2)c1.[Pt+2]. The standard InChI is InChI=1S/C36H27N3O.Pt/c1-23-16-17-37-32(18-23)25-14-15-30-29-10-5-6-12-33(29)39(34(30)22-25)28-20-26(24-8-3-2-4-9-24)19-27(21-28)36-38-31-11-7-13-35(31)40-36;/h2-6,8-10,12,14-20,31,35H,7,11,13H2,1H3;/q-2;+2/t31-,35+;/m1./s1. The molecule has 8 rings (SSSR count). The minimum absolute atomic E-state index is 0. The Balaban J connectivity index is 0.00000276. The predicted molar refractivity (Wildman–Crippen MR) is 161 cm³/mol. The topological polar surface area (TPSA) is 39.4 Å². The van der Waals surface area contributed by atoms with Crippen molar-refractivity contribution in [2.24, 2.45) is 4.99 Å². The molecule has 2 atom stereocenters. The molecule has 5 heteroatoms. The van der Waals surface area contributed by atoms with Crippen LogP contribution in [0.25, 0.3) is 49.9 Å². The zero-order valence-corrected chi connectivity index (χ0v) is 24.9. The van der Waals surface area contributed by atoms with Gasteiger partial charge in [0.1, 0.15) is 12.0 Å². The summed E-state index contributed by atoms with van der Waals surface area (Å²) in [4.78, 5) is 9.64. The van der Waals surface area contributed by atoms with Crippen molar-refractivity contribution in [1.82, 2.24) is 9.55 Å². The van der Waals surface area contributed by atoms with Crippen LogP contribution in [0, 0.1) is 19.1 Å². The van der Waals surface area contributed by atoms with Crippen LogP contribution in [0.3, 0.4) is 0 Å². The Kier molecular flexibility index (Phi) is 6.60. The Morgan fingerprint density at radius 3 is 2.51 bits per heavy atom. The number of aryl methyl sites for hydroxylation is 1. The first kappa shape index (κ1) is 25.9. The van der Waals surface area contributed by atoms with Gasteiger partial charge in [0.2, 0.25) is 0 Å². The van der Waals surface area contributed by atoms with Crippen molar-refractivity contribution in [2.75, 3.05) is 0 Å². The van der Waals surface area contributed by atoms with E-state index in [0.29, 0.717) is 5.90 Å². The minimum Gasteiger partial charge on any atom is -0.515 e. The summed E-state index contributed by atoms with van der Waals surface area (Å²) in [6, 6.07) is 39.6. The maximum Gasteiger partial charge on any atom is 2.00 e. The van der Waals surface area contributed by atoms with Crippen molar-refractivity contribution >= 4 is 27.7 Å². The largest absolute Gasteiger partial charge is 2.00 e. The van der Waals surface area contributed by atoms with Gasteiger partial charge in [-0.2, -0.15) is 0 Å². The van der Waals surface area contributed by atoms with E-state index in [1.54, 1.807) is 0 Å². The van der Waals surface area contributed by atoms with Crippen molar-refractivity contribution in [3.05, 3.63) is 120 Å². The van der Waals surface area contributed by atoms with Crippen LogP contribution in [0.4, 0.5) is 0 Å². The number of hydrogen-bond acceptors (Lipinski definition) is 3. The fraction of sp³-hybridized carbons (Fsp3) is 0.167. The molecular formula is C36H27N3OPt. The molecular weight excluding hydrogens is 685 g/mol. The molecule has 1 aliphatic carbocycles. The van der Waals surface area contributed by atoms with Gasteiger partial charge in [0, 0.05) is 11.7 Å². The molecule has 2 aliphatic rings. The van der Waals surface area contributed by atoms with Crippen LogP contribution in [-0.2, 0) is 25.8 Å². The first-order chi connectivity index (χ1) is 19.7. The van der Waals surface area contributed by atoms with Gasteiger partial charge in [-0.05, 0) is 66.2 Å². The van der Waals surface area contributed by atoms with Gasteiger partial charge >= 0.3 is 21.1 Å². The molecule has 0 N–H and O–H groups in total. The molecule has 0 radical (unpaired) electrons. The van der Waals surface area contributed by atoms with Gasteiger partial charge in [0.25, 0.3) is 0 Å². The zero-order chi connectivity index (χ0) is 26.6. The molecule has 1 fully saturated rings. The average Bonchev–Trinajstić information content (AvgIpc) is 3.70. The summed E-state index contributed by atoms with van der Waals surface area (Å²) in [5.74, 6) is 0.711. The van der Waals surface area contributed by atoms with E-state index in [4.69, 9.17) is 9.73 Å². The third-order valence-electron chi connectivity index (χ3n) is 8.17. The Hall–Kier alpha value is -4.01. The molecule has 3 heterocycles. The Bertz CT molecular complexity index is 1940. The second-order valence-corrected chi connectivity index (χ2v) is 10.8. The number of ether oxygens (including phenoxy) is 1. The van der Waals surface area contributed by atoms with E-state index in [1.807, 2.05) is 12.3 Å². The summed E-state index contributed by atoms with van der Waals surface area (Å²) in [5, 5.41) is 2.33. The Morgan fingerprint density at radius 1 is 0.805 bits per heavy atom. The number of rotatable bonds is 4. The van der Waals surface area contributed by atoms with Gasteiger partial charge in [0.15, 0.2) is 0 Å². The molecule has 0 saturated heterocycles. The van der Waals surface area contributed by atoms with Crippen LogP contribution < -0.4 is 0 Å². The van der Waals surface area contributed by atoms with Crippen LogP contribution in [0.15, 0.2) is 102 Å². The number of benzene rings is 4. The van der Waals surface area contributed by atoms with Crippen molar-refractivity contribution in [1.29, 1.82) is 0 Å². The third kappa shape index (κ3) is 4.51. The number of para-hydroxylation sites is 1.